The average molecular weight is 437 g/mol. The highest BCUT2D eigenvalue weighted by Crippen LogP contribution is 2.35. The molecular formula is C22H16FN3O4S. The lowest BCUT2D eigenvalue weighted by molar-refractivity contribution is -0.384. The van der Waals surface area contributed by atoms with Crippen molar-refractivity contribution in [2.45, 2.75) is 6.92 Å². The number of furan rings is 1. The Kier molecular flexibility index (Phi) is 5.68. The first-order valence-corrected chi connectivity index (χ1v) is 10.2. The molecule has 0 atom stereocenters. The van der Waals surface area contributed by atoms with Crippen LogP contribution in [0.3, 0.4) is 0 Å². The number of nitrogens with zero attached hydrogens (tertiary/aromatic N) is 3. The first-order valence-electron chi connectivity index (χ1n) is 9.35. The third-order valence-electron chi connectivity index (χ3n) is 4.52. The van der Waals surface area contributed by atoms with Gasteiger partial charge in [0.25, 0.3) is 11.6 Å². The van der Waals surface area contributed by atoms with Crippen LogP contribution in [-0.4, -0.2) is 27.4 Å². The predicted octanol–water partition coefficient (Wildman–Crippen LogP) is 5.62. The third-order valence-corrected chi connectivity index (χ3v) is 5.53. The van der Waals surface area contributed by atoms with Gasteiger partial charge in [0.05, 0.1) is 15.5 Å². The minimum Gasteiger partial charge on any atom is -0.457 e. The number of hydrogen-bond donors (Lipinski definition) is 0. The Balaban J connectivity index is 1.58. The minimum atomic E-state index is -0.463. The number of thioether (sulfide) groups is 1. The largest absolute Gasteiger partial charge is 0.457 e. The Morgan fingerprint density at radius 3 is 2.48 bits per heavy atom. The standard InChI is InChI=1S/C22H16FN3O4S/c1-2-25-21(27)20(31-22(25)24-16-7-5-15(23)6-8-16)13-18-11-12-19(30-18)14-3-9-17(10-4-14)26(28)29/h3-13H,2H2,1H3/b20-13-,24-22?. The Morgan fingerprint density at radius 2 is 1.84 bits per heavy atom. The summed E-state index contributed by atoms with van der Waals surface area (Å²) in [7, 11) is 0. The first-order chi connectivity index (χ1) is 14.9. The molecule has 1 aliphatic rings. The van der Waals surface area contributed by atoms with Crippen molar-refractivity contribution in [3.63, 3.8) is 0 Å². The molecule has 156 valence electrons. The van der Waals surface area contributed by atoms with Gasteiger partial charge >= 0.3 is 0 Å². The fraction of sp³-hybridized carbons (Fsp3) is 0.0909. The van der Waals surface area contributed by atoms with Crippen LogP contribution in [0.15, 0.2) is 75.0 Å². The Labute approximate surface area is 181 Å². The molecule has 31 heavy (non-hydrogen) atoms. The number of hydrogen-bond acceptors (Lipinski definition) is 6. The van der Waals surface area contributed by atoms with Gasteiger partial charge in [-0.2, -0.15) is 0 Å². The fourth-order valence-electron chi connectivity index (χ4n) is 2.96. The van der Waals surface area contributed by atoms with Crippen molar-refractivity contribution in [3.05, 3.63) is 87.3 Å². The first kappa shape index (κ1) is 20.5. The number of carbonyl (C=O) groups excluding carboxylic acids is 1. The van der Waals surface area contributed by atoms with Crippen LogP contribution in [0.2, 0.25) is 0 Å². The van der Waals surface area contributed by atoms with Gasteiger partial charge in [0, 0.05) is 30.3 Å². The summed E-state index contributed by atoms with van der Waals surface area (Å²) in [5.74, 6) is 0.461. The second-order valence-corrected chi connectivity index (χ2v) is 7.55. The molecule has 0 bridgehead atoms. The van der Waals surface area contributed by atoms with Crippen molar-refractivity contribution in [2.24, 2.45) is 4.99 Å². The summed E-state index contributed by atoms with van der Waals surface area (Å²) in [4.78, 5) is 29.5. The number of nitro benzene ring substituents is 1. The van der Waals surface area contributed by atoms with E-state index >= 15 is 0 Å². The van der Waals surface area contributed by atoms with E-state index in [4.69, 9.17) is 4.42 Å². The zero-order chi connectivity index (χ0) is 22.0. The Morgan fingerprint density at radius 1 is 1.13 bits per heavy atom. The van der Waals surface area contributed by atoms with Crippen LogP contribution in [0.5, 0.6) is 0 Å². The lowest BCUT2D eigenvalue weighted by Crippen LogP contribution is -2.28. The fourth-order valence-corrected chi connectivity index (χ4v) is 4.00. The van der Waals surface area contributed by atoms with Crippen LogP contribution in [0, 0.1) is 15.9 Å². The van der Waals surface area contributed by atoms with Crippen LogP contribution < -0.4 is 0 Å². The van der Waals surface area contributed by atoms with Crippen molar-refractivity contribution in [1.82, 2.24) is 4.90 Å². The third kappa shape index (κ3) is 4.41. The minimum absolute atomic E-state index is 0.00164. The van der Waals surface area contributed by atoms with Crippen LogP contribution in [0.25, 0.3) is 17.4 Å². The molecular weight excluding hydrogens is 421 g/mol. The van der Waals surface area contributed by atoms with Crippen LogP contribution in [0.4, 0.5) is 15.8 Å². The van der Waals surface area contributed by atoms with Gasteiger partial charge in [0.15, 0.2) is 5.17 Å². The number of amidine groups is 1. The van der Waals surface area contributed by atoms with Crippen molar-refractivity contribution in [2.75, 3.05) is 6.54 Å². The summed E-state index contributed by atoms with van der Waals surface area (Å²) >= 11 is 1.21. The average Bonchev–Trinajstić information content (AvgIpc) is 3.34. The van der Waals surface area contributed by atoms with Gasteiger partial charge in [-0.3, -0.25) is 19.8 Å². The summed E-state index contributed by atoms with van der Waals surface area (Å²) < 4.78 is 18.9. The zero-order valence-electron chi connectivity index (χ0n) is 16.3. The molecule has 1 saturated heterocycles. The zero-order valence-corrected chi connectivity index (χ0v) is 17.1. The van der Waals surface area contributed by atoms with Crippen LogP contribution in [0.1, 0.15) is 12.7 Å². The molecule has 1 fully saturated rings. The number of carbonyl (C=O) groups is 1. The van der Waals surface area contributed by atoms with Gasteiger partial charge in [-0.15, -0.1) is 0 Å². The molecule has 0 spiro atoms. The van der Waals surface area contributed by atoms with Crippen molar-refractivity contribution in [3.8, 4) is 11.3 Å². The number of halogens is 1. The second-order valence-electron chi connectivity index (χ2n) is 6.54. The van der Waals surface area contributed by atoms with Crippen LogP contribution >= 0.6 is 11.8 Å². The maximum Gasteiger partial charge on any atom is 0.269 e. The van der Waals surface area contributed by atoms with Crippen molar-refractivity contribution < 1.29 is 18.5 Å². The van der Waals surface area contributed by atoms with E-state index in [0.29, 0.717) is 39.4 Å². The molecule has 0 radical (unpaired) electrons. The summed E-state index contributed by atoms with van der Waals surface area (Å²) in [5.41, 5.74) is 1.24. The highest BCUT2D eigenvalue weighted by molar-refractivity contribution is 8.18. The van der Waals surface area contributed by atoms with Gasteiger partial charge in [-0.25, -0.2) is 9.38 Å². The molecule has 9 heteroatoms. The van der Waals surface area contributed by atoms with E-state index in [1.807, 2.05) is 6.92 Å². The summed E-state index contributed by atoms with van der Waals surface area (Å²) in [5, 5.41) is 11.3. The van der Waals surface area contributed by atoms with E-state index in [2.05, 4.69) is 4.99 Å². The van der Waals surface area contributed by atoms with Gasteiger partial charge in [-0.05, 0) is 67.2 Å². The predicted molar refractivity (Wildman–Crippen MR) is 117 cm³/mol. The topological polar surface area (TPSA) is 89.0 Å². The number of amides is 1. The lowest BCUT2D eigenvalue weighted by atomic mass is 10.1. The molecule has 0 saturated carbocycles. The summed E-state index contributed by atoms with van der Waals surface area (Å²) in [6, 6.07) is 15.2. The lowest BCUT2D eigenvalue weighted by Gasteiger charge is -2.11. The molecule has 0 unspecified atom stereocenters. The normalized spacial score (nSPS) is 16.5. The SMILES string of the molecule is CCN1C(=O)/C(=C/c2ccc(-c3ccc([N+](=O)[O-])cc3)o2)SC1=Nc1ccc(F)cc1. The molecule has 2 aromatic carbocycles. The quantitative estimate of drug-likeness (QED) is 0.294. The summed E-state index contributed by atoms with van der Waals surface area (Å²) in [6.45, 7) is 2.29. The number of benzene rings is 2. The smallest absolute Gasteiger partial charge is 0.269 e. The van der Waals surface area contributed by atoms with E-state index in [0.717, 1.165) is 0 Å². The number of aliphatic imine (C=N–C) groups is 1. The van der Waals surface area contributed by atoms with Gasteiger partial charge in [0.2, 0.25) is 0 Å². The molecule has 7 nitrogen and oxygen atoms in total. The molecule has 0 N–H and O–H groups in total. The molecule has 1 aromatic heterocycles. The summed E-state index contributed by atoms with van der Waals surface area (Å²) in [6.07, 6.45) is 1.64. The maximum atomic E-state index is 13.1. The van der Waals surface area contributed by atoms with Gasteiger partial charge < -0.3 is 4.42 Å². The highest BCUT2D eigenvalue weighted by Gasteiger charge is 2.32. The Bertz CT molecular complexity index is 1200. The molecule has 1 aliphatic heterocycles. The van der Waals surface area contributed by atoms with Crippen molar-refractivity contribution >= 4 is 40.3 Å². The van der Waals surface area contributed by atoms with Gasteiger partial charge in [0.1, 0.15) is 17.3 Å². The molecule has 1 amide bonds. The highest BCUT2D eigenvalue weighted by atomic mass is 32.2. The van der Waals surface area contributed by atoms with E-state index < -0.39 is 4.92 Å². The van der Waals surface area contributed by atoms with Gasteiger partial charge in [-0.1, -0.05) is 0 Å². The number of likely N-dealkylation sites (N-methyl/N-ethyl adjacent to an activating group) is 1. The van der Waals surface area contributed by atoms with Crippen LogP contribution in [-0.2, 0) is 4.79 Å². The number of nitro groups is 1. The molecule has 2 heterocycles. The van der Waals surface area contributed by atoms with E-state index in [1.165, 1.54) is 36.0 Å². The Hall–Kier alpha value is -3.72. The maximum absolute atomic E-state index is 13.1. The van der Waals surface area contributed by atoms with E-state index in [1.54, 1.807) is 47.4 Å². The number of rotatable bonds is 5. The van der Waals surface area contributed by atoms with E-state index in [9.17, 15) is 19.3 Å². The van der Waals surface area contributed by atoms with Crippen molar-refractivity contribution in [1.29, 1.82) is 0 Å². The van der Waals surface area contributed by atoms with E-state index in [-0.39, 0.29) is 17.4 Å². The molecule has 0 aliphatic carbocycles. The monoisotopic (exact) mass is 437 g/mol. The molecule has 3 aromatic rings. The second kappa shape index (κ2) is 8.57. The molecule has 4 rings (SSSR count). The number of non-ortho nitro benzene ring substituents is 1.